The van der Waals surface area contributed by atoms with Crippen molar-refractivity contribution < 1.29 is 19.1 Å². The van der Waals surface area contributed by atoms with Crippen LogP contribution >= 0.6 is 0 Å². The molecule has 0 N–H and O–H groups in total. The van der Waals surface area contributed by atoms with Crippen LogP contribution in [0.15, 0.2) is 0 Å². The summed E-state index contributed by atoms with van der Waals surface area (Å²) in [5, 5.41) is 9.03. The summed E-state index contributed by atoms with van der Waals surface area (Å²) in [5.74, 6) is 0. The third-order valence-electron chi connectivity index (χ3n) is 2.46. The number of rotatable bonds is 3. The zero-order valence-electron chi connectivity index (χ0n) is 9.29. The van der Waals surface area contributed by atoms with Crippen LogP contribution in [0.2, 0.25) is 0 Å². The van der Waals surface area contributed by atoms with Gasteiger partial charge in [-0.3, -0.25) is 0 Å². The van der Waals surface area contributed by atoms with Crippen LogP contribution in [0.3, 0.4) is 0 Å². The van der Waals surface area contributed by atoms with Crippen LogP contribution in [-0.4, -0.2) is 44.4 Å². The maximum Gasteiger partial charge on any atom is 0.251 e. The lowest BCUT2D eigenvalue weighted by Crippen LogP contribution is -2.42. The molecule has 0 rings (SSSR count). The number of nitrogens with zero attached hydrogens (tertiary/aromatic N) is 1. The second-order valence-electron chi connectivity index (χ2n) is 3.02. The smallest absolute Gasteiger partial charge is 0.251 e. The molecule has 0 saturated heterocycles. The minimum atomic E-state index is -1.50. The first-order valence-electron chi connectivity index (χ1n) is 4.54. The van der Waals surface area contributed by atoms with E-state index >= 15 is 0 Å². The predicted molar refractivity (Wildman–Crippen MR) is 50.2 cm³/mol. The molecule has 0 atom stereocenters. The maximum absolute atomic E-state index is 9.03. The Hall–Kier alpha value is -0.770. The normalized spacial score (nSPS) is 9.92. The topological polar surface area (TPSA) is 49.4 Å². The maximum atomic E-state index is 9.03. The van der Waals surface area contributed by atoms with E-state index in [1.54, 1.807) is 0 Å². The summed E-state index contributed by atoms with van der Waals surface area (Å²) < 4.78 is 4.76. The van der Waals surface area contributed by atoms with E-state index in [0.29, 0.717) is 0 Å². The van der Waals surface area contributed by atoms with Crippen LogP contribution < -0.4 is 5.11 Å². The Morgan fingerprint density at radius 1 is 1.23 bits per heavy atom. The van der Waals surface area contributed by atoms with E-state index in [0.717, 1.165) is 7.11 Å². The first-order valence-corrected chi connectivity index (χ1v) is 4.54. The zero-order chi connectivity index (χ0) is 10.9. The average Bonchev–Trinajstić information content (AvgIpc) is 2.17. The Bertz CT molecular complexity index is 125. The number of ether oxygens (including phenoxy) is 1. The number of hydrogen-bond donors (Lipinski definition) is 0. The lowest BCUT2D eigenvalue weighted by Gasteiger charge is -2.30. The predicted octanol–water partition coefficient (Wildman–Crippen LogP) is 0.469. The quantitative estimate of drug-likeness (QED) is 0.481. The van der Waals surface area contributed by atoms with Gasteiger partial charge < -0.3 is 19.1 Å². The van der Waals surface area contributed by atoms with E-state index in [2.05, 4.69) is 32.6 Å². The van der Waals surface area contributed by atoms with E-state index < -0.39 is 6.16 Å². The molecule has 4 heteroatoms. The molecule has 0 aliphatic carbocycles. The molecule has 0 aliphatic rings. The summed E-state index contributed by atoms with van der Waals surface area (Å²) in [7, 11) is 3.33. The number of carbonyl (C=O) groups is 1. The van der Waals surface area contributed by atoms with Gasteiger partial charge in [-0.25, -0.2) is 0 Å². The largest absolute Gasteiger partial charge is 0.553 e. The van der Waals surface area contributed by atoms with Gasteiger partial charge in [-0.05, 0) is 20.8 Å². The summed E-state index contributed by atoms with van der Waals surface area (Å²) in [6.07, 6.45) is -1.50. The third kappa shape index (κ3) is 9.14. The van der Waals surface area contributed by atoms with Gasteiger partial charge in [0.2, 0.25) is 0 Å². The van der Waals surface area contributed by atoms with E-state index in [9.17, 15) is 0 Å². The van der Waals surface area contributed by atoms with E-state index in [-0.39, 0.29) is 0 Å². The van der Waals surface area contributed by atoms with Crippen molar-refractivity contribution in [3.8, 4) is 0 Å². The first kappa shape index (κ1) is 14.7. The number of hydrogen-bond acceptors (Lipinski definition) is 3. The molecule has 0 spiro atoms. The fourth-order valence-corrected chi connectivity index (χ4v) is 0.671. The van der Waals surface area contributed by atoms with Gasteiger partial charge in [0.1, 0.15) is 0 Å². The minimum absolute atomic E-state index is 1.04. The molecule has 4 nitrogen and oxygen atoms in total. The highest BCUT2D eigenvalue weighted by Gasteiger charge is 2.10. The number of methoxy groups -OCH3 is 1. The Labute approximate surface area is 80.7 Å². The molecule has 0 amide bonds. The van der Waals surface area contributed by atoms with Gasteiger partial charge in [0.05, 0.1) is 26.7 Å². The summed E-state index contributed by atoms with van der Waals surface area (Å²) in [4.78, 5) is 9.03. The fraction of sp³-hybridized carbons (Fsp3) is 0.889. The Morgan fingerprint density at radius 2 is 1.46 bits per heavy atom. The molecule has 80 valence electrons. The van der Waals surface area contributed by atoms with E-state index in [4.69, 9.17) is 9.90 Å². The average molecular weight is 191 g/mol. The second kappa shape index (κ2) is 7.86. The highest BCUT2D eigenvalue weighted by Crippen LogP contribution is 1.97. The van der Waals surface area contributed by atoms with Crippen LogP contribution in [0.4, 0.5) is 4.79 Å². The van der Waals surface area contributed by atoms with Gasteiger partial charge >= 0.3 is 0 Å². The standard InChI is InChI=1S/C7H18N.C2H4O3/c1-5-8(4,6-2)7-3;1-5-2(3)4/h5-7H2,1-4H3;1H3,(H,3,4)/q+1;/p-1. The molecule has 0 aromatic rings. The second-order valence-corrected chi connectivity index (χ2v) is 3.02. The van der Waals surface area contributed by atoms with Crippen LogP contribution in [0.25, 0.3) is 0 Å². The summed E-state index contributed by atoms with van der Waals surface area (Å²) >= 11 is 0. The van der Waals surface area contributed by atoms with Crippen molar-refractivity contribution in [2.24, 2.45) is 0 Å². The Kier molecular flexibility index (Phi) is 8.91. The molecule has 0 aromatic carbocycles. The molecule has 0 saturated carbocycles. The van der Waals surface area contributed by atoms with Gasteiger partial charge in [0, 0.05) is 7.11 Å². The van der Waals surface area contributed by atoms with Crippen molar-refractivity contribution in [3.63, 3.8) is 0 Å². The highest BCUT2D eigenvalue weighted by molar-refractivity contribution is 5.53. The molecule has 0 fully saturated rings. The third-order valence-corrected chi connectivity index (χ3v) is 2.46. The van der Waals surface area contributed by atoms with Gasteiger partial charge in [-0.15, -0.1) is 0 Å². The van der Waals surface area contributed by atoms with Crippen molar-refractivity contribution in [2.45, 2.75) is 20.8 Å². The number of carboxylic acid groups (broad SMARTS) is 1. The minimum Gasteiger partial charge on any atom is -0.553 e. The number of quaternary nitrogens is 1. The van der Waals surface area contributed by atoms with Crippen LogP contribution in [0.1, 0.15) is 20.8 Å². The monoisotopic (exact) mass is 191 g/mol. The SMILES string of the molecule is CC[N+](C)(CC)CC.COC(=O)[O-]. The summed E-state index contributed by atoms with van der Waals surface area (Å²) in [6, 6.07) is 0. The molecular formula is C9H21NO3. The van der Waals surface area contributed by atoms with E-state index in [1.165, 1.54) is 24.1 Å². The molecule has 0 aromatic heterocycles. The molecular weight excluding hydrogens is 170 g/mol. The molecule has 0 unspecified atom stereocenters. The van der Waals surface area contributed by atoms with Gasteiger partial charge in [0.15, 0.2) is 0 Å². The highest BCUT2D eigenvalue weighted by atomic mass is 16.6. The summed E-state index contributed by atoms with van der Waals surface area (Å²) in [6.45, 7) is 10.5. The van der Waals surface area contributed by atoms with Gasteiger partial charge in [0.25, 0.3) is 6.16 Å². The molecule has 0 bridgehead atoms. The van der Waals surface area contributed by atoms with Crippen molar-refractivity contribution in [1.82, 2.24) is 0 Å². The molecule has 13 heavy (non-hydrogen) atoms. The number of carbonyl (C=O) groups excluding carboxylic acids is 1. The lowest BCUT2D eigenvalue weighted by atomic mass is 10.4. The van der Waals surface area contributed by atoms with Crippen molar-refractivity contribution in [1.29, 1.82) is 0 Å². The van der Waals surface area contributed by atoms with Crippen molar-refractivity contribution in [3.05, 3.63) is 0 Å². The fourth-order valence-electron chi connectivity index (χ4n) is 0.671. The van der Waals surface area contributed by atoms with Crippen molar-refractivity contribution in [2.75, 3.05) is 33.8 Å². The van der Waals surface area contributed by atoms with Crippen LogP contribution in [0.5, 0.6) is 0 Å². The first-order chi connectivity index (χ1) is 5.95. The molecule has 0 heterocycles. The molecule has 0 radical (unpaired) electrons. The Morgan fingerprint density at radius 3 is 1.46 bits per heavy atom. The summed E-state index contributed by atoms with van der Waals surface area (Å²) in [5.41, 5.74) is 0. The van der Waals surface area contributed by atoms with Gasteiger partial charge in [-0.1, -0.05) is 0 Å². The van der Waals surface area contributed by atoms with Gasteiger partial charge in [-0.2, -0.15) is 0 Å². The zero-order valence-corrected chi connectivity index (χ0v) is 9.29. The van der Waals surface area contributed by atoms with Crippen LogP contribution in [-0.2, 0) is 4.74 Å². The van der Waals surface area contributed by atoms with E-state index in [1.807, 2.05) is 0 Å². The molecule has 0 aliphatic heterocycles. The Balaban J connectivity index is 0. The van der Waals surface area contributed by atoms with Crippen LogP contribution in [0, 0.1) is 0 Å². The lowest BCUT2D eigenvalue weighted by molar-refractivity contribution is -0.904. The van der Waals surface area contributed by atoms with Crippen molar-refractivity contribution >= 4 is 6.16 Å².